The highest BCUT2D eigenvalue weighted by atomic mass is 32.2. The summed E-state index contributed by atoms with van der Waals surface area (Å²) in [6.45, 7) is 0. The summed E-state index contributed by atoms with van der Waals surface area (Å²) < 4.78 is 15.0. The number of hydrogen-bond donors (Lipinski definition) is 1. The molecule has 7 heteroatoms. The van der Waals surface area contributed by atoms with E-state index >= 15 is 0 Å². The molecule has 1 aromatic heterocycles. The summed E-state index contributed by atoms with van der Waals surface area (Å²) in [5.41, 5.74) is -0.191. The summed E-state index contributed by atoms with van der Waals surface area (Å²) >= 11 is 1.15. The molecule has 0 bridgehead atoms. The van der Waals surface area contributed by atoms with Gasteiger partial charge in [0.05, 0.1) is 11.3 Å². The van der Waals surface area contributed by atoms with Crippen LogP contribution in [0.5, 0.6) is 0 Å². The highest BCUT2D eigenvalue weighted by Gasteiger charge is 2.28. The van der Waals surface area contributed by atoms with E-state index in [1.165, 1.54) is 18.2 Å². The number of aromatic nitrogens is 3. The number of rotatable bonds is 5. The second-order valence-electron chi connectivity index (χ2n) is 4.60. The average molecular weight is 293 g/mol. The summed E-state index contributed by atoms with van der Waals surface area (Å²) in [5, 5.41) is 6.78. The molecule has 104 valence electrons. The Morgan fingerprint density at radius 3 is 2.90 bits per heavy atom. The first-order valence-electron chi connectivity index (χ1n) is 6.24. The lowest BCUT2D eigenvalue weighted by Gasteiger charge is -2.03. The van der Waals surface area contributed by atoms with E-state index in [1.807, 2.05) is 0 Å². The van der Waals surface area contributed by atoms with E-state index in [1.54, 1.807) is 10.6 Å². The number of nitrogens with one attached hydrogen (secondary N) is 1. The van der Waals surface area contributed by atoms with E-state index in [0.29, 0.717) is 5.16 Å². The van der Waals surface area contributed by atoms with Crippen molar-refractivity contribution in [3.63, 3.8) is 0 Å². The third-order valence-electron chi connectivity index (χ3n) is 3.09. The van der Waals surface area contributed by atoms with Crippen LogP contribution in [0.1, 0.15) is 29.2 Å². The minimum Gasteiger partial charge on any atom is -0.293 e. The van der Waals surface area contributed by atoms with Gasteiger partial charge in [0.1, 0.15) is 5.82 Å². The van der Waals surface area contributed by atoms with Crippen LogP contribution in [0, 0.1) is 5.82 Å². The minimum absolute atomic E-state index is 0.0535. The van der Waals surface area contributed by atoms with Gasteiger partial charge in [-0.1, -0.05) is 23.9 Å². The molecule has 0 spiro atoms. The normalized spacial score (nSPS) is 14.4. The highest BCUT2D eigenvalue weighted by Crippen LogP contribution is 2.36. The van der Waals surface area contributed by atoms with Crippen molar-refractivity contribution in [2.24, 2.45) is 0 Å². The number of Topliss-reactive ketones (excluding diaryl/α,β-unsaturated/α-hetero) is 1. The second-order valence-corrected chi connectivity index (χ2v) is 5.55. The van der Waals surface area contributed by atoms with Crippen molar-refractivity contribution in [1.82, 2.24) is 14.8 Å². The molecule has 1 aromatic carbocycles. The van der Waals surface area contributed by atoms with Gasteiger partial charge in [-0.15, -0.1) is 5.10 Å². The van der Waals surface area contributed by atoms with Crippen LogP contribution >= 0.6 is 11.8 Å². The van der Waals surface area contributed by atoms with E-state index in [2.05, 4.69) is 10.2 Å². The van der Waals surface area contributed by atoms with Crippen molar-refractivity contribution in [2.45, 2.75) is 24.0 Å². The van der Waals surface area contributed by atoms with Gasteiger partial charge in [-0.3, -0.25) is 9.36 Å². The molecule has 1 saturated carbocycles. The number of ketones is 1. The molecule has 20 heavy (non-hydrogen) atoms. The predicted octanol–water partition coefficient (Wildman–Crippen LogP) is 2.02. The number of halogens is 1. The molecule has 1 fully saturated rings. The highest BCUT2D eigenvalue weighted by molar-refractivity contribution is 7.99. The third-order valence-corrected chi connectivity index (χ3v) is 4.04. The smallest absolute Gasteiger partial charge is 0.293 e. The van der Waals surface area contributed by atoms with Crippen LogP contribution in [0.15, 0.2) is 34.2 Å². The molecular weight excluding hydrogens is 281 g/mol. The first kappa shape index (κ1) is 13.1. The Morgan fingerprint density at radius 2 is 2.20 bits per heavy atom. The molecule has 0 radical (unpaired) electrons. The van der Waals surface area contributed by atoms with Gasteiger partial charge in [-0.2, -0.15) is 0 Å². The summed E-state index contributed by atoms with van der Waals surface area (Å²) in [6.07, 6.45) is 1.91. The number of H-pyrrole nitrogens is 1. The number of nitrogens with zero attached hydrogens (tertiary/aromatic N) is 2. The van der Waals surface area contributed by atoms with Crippen molar-refractivity contribution in [1.29, 1.82) is 0 Å². The molecule has 1 aliphatic carbocycles. The van der Waals surface area contributed by atoms with Gasteiger partial charge >= 0.3 is 5.69 Å². The second kappa shape index (κ2) is 5.24. The van der Waals surface area contributed by atoms with E-state index in [-0.39, 0.29) is 28.8 Å². The molecular formula is C13H12FN3O2S. The van der Waals surface area contributed by atoms with Gasteiger partial charge in [0.15, 0.2) is 10.9 Å². The average Bonchev–Trinajstić information content (AvgIpc) is 3.20. The molecule has 0 amide bonds. The molecule has 1 aliphatic rings. The zero-order chi connectivity index (χ0) is 14.1. The molecule has 0 aliphatic heterocycles. The van der Waals surface area contributed by atoms with Crippen LogP contribution in [0.2, 0.25) is 0 Å². The van der Waals surface area contributed by atoms with Gasteiger partial charge < -0.3 is 0 Å². The Morgan fingerprint density at radius 1 is 1.45 bits per heavy atom. The van der Waals surface area contributed by atoms with Crippen molar-refractivity contribution in [2.75, 3.05) is 5.75 Å². The molecule has 0 unspecified atom stereocenters. The lowest BCUT2D eigenvalue weighted by Crippen LogP contribution is -2.16. The molecule has 1 heterocycles. The van der Waals surface area contributed by atoms with Gasteiger partial charge in [-0.05, 0) is 25.0 Å². The fourth-order valence-corrected chi connectivity index (χ4v) is 2.84. The van der Waals surface area contributed by atoms with Crippen molar-refractivity contribution in [3.05, 3.63) is 46.1 Å². The van der Waals surface area contributed by atoms with Gasteiger partial charge in [0.25, 0.3) is 0 Å². The van der Waals surface area contributed by atoms with E-state index in [4.69, 9.17) is 0 Å². The molecule has 0 saturated heterocycles. The number of carbonyl (C=O) groups is 1. The minimum atomic E-state index is -0.528. The van der Waals surface area contributed by atoms with Gasteiger partial charge in [0, 0.05) is 6.04 Å². The van der Waals surface area contributed by atoms with Crippen molar-refractivity contribution >= 4 is 17.5 Å². The summed E-state index contributed by atoms with van der Waals surface area (Å²) in [4.78, 5) is 23.5. The molecule has 3 rings (SSSR count). The van der Waals surface area contributed by atoms with Crippen molar-refractivity contribution < 1.29 is 9.18 Å². The Balaban J connectivity index is 1.73. The number of carbonyl (C=O) groups excluding carboxylic acids is 1. The van der Waals surface area contributed by atoms with Crippen molar-refractivity contribution in [3.8, 4) is 0 Å². The van der Waals surface area contributed by atoms with E-state index in [9.17, 15) is 14.0 Å². The fourth-order valence-electron chi connectivity index (χ4n) is 1.94. The first-order valence-corrected chi connectivity index (χ1v) is 7.23. The lowest BCUT2D eigenvalue weighted by atomic mass is 10.1. The number of benzene rings is 1. The maximum Gasteiger partial charge on any atom is 0.344 e. The summed E-state index contributed by atoms with van der Waals surface area (Å²) in [6, 6.07) is 6.06. The lowest BCUT2D eigenvalue weighted by molar-refractivity contribution is 0.101. The van der Waals surface area contributed by atoms with Gasteiger partial charge in [-0.25, -0.2) is 14.3 Å². The molecule has 5 nitrogen and oxygen atoms in total. The molecule has 2 aromatic rings. The maximum atomic E-state index is 13.5. The van der Waals surface area contributed by atoms with Gasteiger partial charge in [0.2, 0.25) is 0 Å². The Bertz CT molecular complexity index is 706. The van der Waals surface area contributed by atoms with E-state index < -0.39 is 5.82 Å². The Labute approximate surface area is 118 Å². The van der Waals surface area contributed by atoms with Crippen LogP contribution in [-0.2, 0) is 0 Å². The largest absolute Gasteiger partial charge is 0.344 e. The van der Waals surface area contributed by atoms with Crippen LogP contribution in [-0.4, -0.2) is 26.3 Å². The van der Waals surface area contributed by atoms with Crippen LogP contribution in [0.3, 0.4) is 0 Å². The van der Waals surface area contributed by atoms with Crippen LogP contribution in [0.25, 0.3) is 0 Å². The van der Waals surface area contributed by atoms with E-state index in [0.717, 1.165) is 24.6 Å². The predicted molar refractivity (Wildman–Crippen MR) is 72.6 cm³/mol. The summed E-state index contributed by atoms with van der Waals surface area (Å²) in [5.74, 6) is -0.789. The fraction of sp³-hybridized carbons (Fsp3) is 0.308. The third kappa shape index (κ3) is 2.53. The molecule has 1 N–H and O–H groups in total. The Kier molecular flexibility index (Phi) is 3.43. The zero-order valence-corrected chi connectivity index (χ0v) is 11.3. The standard InChI is InChI=1S/C13H12FN3O2S/c14-10-4-2-1-3-9(10)11(18)7-20-13-16-15-12(19)17(13)8-5-6-8/h1-4,8H,5-7H2,(H,15,19). The maximum absolute atomic E-state index is 13.5. The molecule has 0 atom stereocenters. The monoisotopic (exact) mass is 293 g/mol. The number of hydrogen-bond acceptors (Lipinski definition) is 4. The summed E-state index contributed by atoms with van der Waals surface area (Å²) in [7, 11) is 0. The number of thioether (sulfide) groups is 1. The zero-order valence-electron chi connectivity index (χ0n) is 10.5. The Hall–Kier alpha value is -1.89. The topological polar surface area (TPSA) is 67.8 Å². The SMILES string of the molecule is O=C(CSc1n[nH]c(=O)n1C1CC1)c1ccccc1F. The number of aromatic amines is 1. The quantitative estimate of drug-likeness (QED) is 0.676. The first-order chi connectivity index (χ1) is 9.66. The van der Waals surface area contributed by atoms with Crippen LogP contribution < -0.4 is 5.69 Å². The van der Waals surface area contributed by atoms with Crippen LogP contribution in [0.4, 0.5) is 4.39 Å².